The van der Waals surface area contributed by atoms with Gasteiger partial charge < -0.3 is 5.32 Å². The minimum atomic E-state index is 0.0365. The summed E-state index contributed by atoms with van der Waals surface area (Å²) in [5.74, 6) is 0.163. The van der Waals surface area contributed by atoms with Crippen LogP contribution in [0.15, 0.2) is 29.8 Å². The molecule has 1 aliphatic rings. The zero-order chi connectivity index (χ0) is 12.5. The molecule has 2 aromatic rings. The van der Waals surface area contributed by atoms with E-state index in [1.165, 1.54) is 11.1 Å². The summed E-state index contributed by atoms with van der Waals surface area (Å²) in [5, 5.41) is 3.00. The van der Waals surface area contributed by atoms with Gasteiger partial charge in [0.25, 0.3) is 0 Å². The first-order chi connectivity index (χ1) is 8.75. The van der Waals surface area contributed by atoms with E-state index in [-0.39, 0.29) is 11.8 Å². The van der Waals surface area contributed by atoms with Crippen LogP contribution >= 0.6 is 11.3 Å². The SMILES string of the molecule is Cc1ncsc1CNC(=O)C1Cc2ccccc21. The van der Waals surface area contributed by atoms with E-state index < -0.39 is 0 Å². The van der Waals surface area contributed by atoms with Crippen molar-refractivity contribution in [1.82, 2.24) is 10.3 Å². The number of benzene rings is 1. The van der Waals surface area contributed by atoms with E-state index in [1.54, 1.807) is 11.3 Å². The molecule has 4 heteroatoms. The molecule has 3 rings (SSSR count). The summed E-state index contributed by atoms with van der Waals surface area (Å²) >= 11 is 1.59. The van der Waals surface area contributed by atoms with Crippen LogP contribution in [0.25, 0.3) is 0 Å². The highest BCUT2D eigenvalue weighted by atomic mass is 32.1. The van der Waals surface area contributed by atoms with Gasteiger partial charge in [0.15, 0.2) is 0 Å². The molecule has 1 aromatic heterocycles. The van der Waals surface area contributed by atoms with E-state index >= 15 is 0 Å². The number of rotatable bonds is 3. The highest BCUT2D eigenvalue weighted by Crippen LogP contribution is 2.34. The van der Waals surface area contributed by atoms with E-state index in [0.29, 0.717) is 6.54 Å². The molecule has 1 aromatic carbocycles. The van der Waals surface area contributed by atoms with Crippen molar-refractivity contribution in [2.45, 2.75) is 25.8 Å². The molecule has 1 heterocycles. The Morgan fingerprint density at radius 2 is 2.33 bits per heavy atom. The number of hydrogen-bond donors (Lipinski definition) is 1. The second-order valence-corrected chi connectivity index (χ2v) is 5.47. The van der Waals surface area contributed by atoms with Crippen LogP contribution in [-0.2, 0) is 17.8 Å². The Kier molecular flexibility index (Phi) is 2.88. The van der Waals surface area contributed by atoms with Gasteiger partial charge in [0.1, 0.15) is 0 Å². The average Bonchev–Trinajstić information content (AvgIpc) is 2.74. The van der Waals surface area contributed by atoms with Gasteiger partial charge in [-0.3, -0.25) is 4.79 Å². The Morgan fingerprint density at radius 1 is 1.50 bits per heavy atom. The summed E-state index contributed by atoms with van der Waals surface area (Å²) in [6.07, 6.45) is 0.865. The number of hydrogen-bond acceptors (Lipinski definition) is 3. The Labute approximate surface area is 110 Å². The van der Waals surface area contributed by atoms with Crippen LogP contribution in [0.5, 0.6) is 0 Å². The largest absolute Gasteiger partial charge is 0.351 e. The highest BCUT2D eigenvalue weighted by molar-refractivity contribution is 7.09. The molecule has 1 unspecified atom stereocenters. The van der Waals surface area contributed by atoms with Crippen molar-refractivity contribution in [2.24, 2.45) is 0 Å². The molecule has 3 nitrogen and oxygen atoms in total. The van der Waals surface area contributed by atoms with Crippen molar-refractivity contribution in [3.63, 3.8) is 0 Å². The summed E-state index contributed by atoms with van der Waals surface area (Å²) in [5.41, 5.74) is 5.30. The maximum atomic E-state index is 12.1. The molecule has 0 aliphatic heterocycles. The molecule has 0 saturated heterocycles. The topological polar surface area (TPSA) is 42.0 Å². The highest BCUT2D eigenvalue weighted by Gasteiger charge is 2.31. The van der Waals surface area contributed by atoms with Gasteiger partial charge >= 0.3 is 0 Å². The van der Waals surface area contributed by atoms with Gasteiger partial charge in [-0.2, -0.15) is 0 Å². The number of nitrogens with one attached hydrogen (secondary N) is 1. The van der Waals surface area contributed by atoms with E-state index in [4.69, 9.17) is 0 Å². The lowest BCUT2D eigenvalue weighted by molar-refractivity contribution is -0.123. The number of aromatic nitrogens is 1. The molecular weight excluding hydrogens is 244 g/mol. The zero-order valence-electron chi connectivity index (χ0n) is 10.1. The van der Waals surface area contributed by atoms with Gasteiger partial charge in [-0.1, -0.05) is 24.3 Å². The minimum Gasteiger partial charge on any atom is -0.351 e. The van der Waals surface area contributed by atoms with Gasteiger partial charge in [-0.25, -0.2) is 4.98 Å². The lowest BCUT2D eigenvalue weighted by Crippen LogP contribution is -2.35. The van der Waals surface area contributed by atoms with Crippen LogP contribution in [0.3, 0.4) is 0 Å². The van der Waals surface area contributed by atoms with E-state index in [1.807, 2.05) is 30.6 Å². The first kappa shape index (κ1) is 11.4. The number of nitrogens with zero attached hydrogens (tertiary/aromatic N) is 1. The van der Waals surface area contributed by atoms with Crippen molar-refractivity contribution < 1.29 is 4.79 Å². The van der Waals surface area contributed by atoms with Crippen LogP contribution in [0, 0.1) is 6.92 Å². The van der Waals surface area contributed by atoms with Crippen molar-refractivity contribution >= 4 is 17.2 Å². The van der Waals surface area contributed by atoms with Crippen molar-refractivity contribution in [3.8, 4) is 0 Å². The van der Waals surface area contributed by atoms with Crippen LogP contribution in [0.2, 0.25) is 0 Å². The minimum absolute atomic E-state index is 0.0365. The fourth-order valence-electron chi connectivity index (χ4n) is 2.28. The summed E-state index contributed by atoms with van der Waals surface area (Å²) in [4.78, 5) is 17.4. The first-order valence-electron chi connectivity index (χ1n) is 6.00. The quantitative estimate of drug-likeness (QED) is 0.918. The van der Waals surface area contributed by atoms with Crippen molar-refractivity contribution in [2.75, 3.05) is 0 Å². The Balaban J connectivity index is 1.63. The fraction of sp³-hybridized carbons (Fsp3) is 0.286. The number of carbonyl (C=O) groups excluding carboxylic acids is 1. The van der Waals surface area contributed by atoms with E-state index in [2.05, 4.69) is 16.4 Å². The Morgan fingerprint density at radius 3 is 3.06 bits per heavy atom. The molecule has 0 saturated carbocycles. The molecule has 0 radical (unpaired) electrons. The third-order valence-corrected chi connectivity index (χ3v) is 4.37. The first-order valence-corrected chi connectivity index (χ1v) is 6.88. The monoisotopic (exact) mass is 258 g/mol. The third-order valence-electron chi connectivity index (χ3n) is 3.44. The average molecular weight is 258 g/mol. The van der Waals surface area contributed by atoms with Gasteiger partial charge in [-0.05, 0) is 24.5 Å². The number of aryl methyl sites for hydroxylation is 1. The van der Waals surface area contributed by atoms with Gasteiger partial charge in [0.2, 0.25) is 5.91 Å². The number of thiazole rings is 1. The van der Waals surface area contributed by atoms with Gasteiger partial charge in [0, 0.05) is 4.88 Å². The molecule has 0 fully saturated rings. The molecule has 1 N–H and O–H groups in total. The molecule has 18 heavy (non-hydrogen) atoms. The maximum absolute atomic E-state index is 12.1. The molecule has 1 aliphatic carbocycles. The Bertz CT molecular complexity index is 591. The number of fused-ring (bicyclic) bond motifs is 1. The van der Waals surface area contributed by atoms with Crippen LogP contribution in [0.1, 0.15) is 27.6 Å². The van der Waals surface area contributed by atoms with Crippen molar-refractivity contribution in [1.29, 1.82) is 0 Å². The fourth-order valence-corrected chi connectivity index (χ4v) is 3.00. The molecule has 92 valence electrons. The predicted molar refractivity (Wildman–Crippen MR) is 71.6 cm³/mol. The molecular formula is C14H14N2OS. The summed E-state index contributed by atoms with van der Waals surface area (Å²) < 4.78 is 0. The van der Waals surface area contributed by atoms with E-state index in [9.17, 15) is 4.79 Å². The lowest BCUT2D eigenvalue weighted by atomic mass is 9.77. The van der Waals surface area contributed by atoms with Crippen LogP contribution in [-0.4, -0.2) is 10.9 Å². The molecule has 1 atom stereocenters. The normalized spacial score (nSPS) is 16.8. The summed E-state index contributed by atoms with van der Waals surface area (Å²) in [6, 6.07) is 8.15. The van der Waals surface area contributed by atoms with E-state index in [0.717, 1.165) is 17.0 Å². The maximum Gasteiger partial charge on any atom is 0.228 e. The molecule has 0 spiro atoms. The standard InChI is InChI=1S/C14H14N2OS/c1-9-13(18-8-16-9)7-15-14(17)12-6-10-4-2-3-5-11(10)12/h2-5,8,12H,6-7H2,1H3,(H,15,17). The van der Waals surface area contributed by atoms with Crippen LogP contribution < -0.4 is 5.32 Å². The van der Waals surface area contributed by atoms with Gasteiger partial charge in [0.05, 0.1) is 23.7 Å². The molecule has 0 bridgehead atoms. The second-order valence-electron chi connectivity index (χ2n) is 4.53. The summed E-state index contributed by atoms with van der Waals surface area (Å²) in [6.45, 7) is 2.56. The summed E-state index contributed by atoms with van der Waals surface area (Å²) in [7, 11) is 0. The van der Waals surface area contributed by atoms with Crippen LogP contribution in [0.4, 0.5) is 0 Å². The van der Waals surface area contributed by atoms with Crippen molar-refractivity contribution in [3.05, 3.63) is 51.5 Å². The molecule has 1 amide bonds. The Hall–Kier alpha value is -1.68. The lowest BCUT2D eigenvalue weighted by Gasteiger charge is -2.28. The zero-order valence-corrected chi connectivity index (χ0v) is 11.0. The smallest absolute Gasteiger partial charge is 0.228 e. The number of carbonyl (C=O) groups is 1. The third kappa shape index (κ3) is 1.93. The predicted octanol–water partition coefficient (Wildman–Crippen LogP) is 2.41. The second kappa shape index (κ2) is 4.53. The van der Waals surface area contributed by atoms with Gasteiger partial charge in [-0.15, -0.1) is 11.3 Å². The number of amides is 1.